The molecule has 24 heavy (non-hydrogen) atoms. The number of pyridine rings is 1. The van der Waals surface area contributed by atoms with Crippen LogP contribution in [0.15, 0.2) is 23.5 Å². The molecule has 0 aromatic carbocycles. The summed E-state index contributed by atoms with van der Waals surface area (Å²) in [5.74, 6) is 1.54. The molecule has 126 valence electrons. The maximum absolute atomic E-state index is 12.4. The van der Waals surface area contributed by atoms with Gasteiger partial charge in [0.15, 0.2) is 10.3 Å². The maximum Gasteiger partial charge on any atom is 0.237 e. The van der Waals surface area contributed by atoms with E-state index in [1.807, 2.05) is 6.92 Å². The molecule has 2 aliphatic rings. The van der Waals surface area contributed by atoms with Crippen LogP contribution < -0.4 is 5.32 Å². The summed E-state index contributed by atoms with van der Waals surface area (Å²) in [7, 11) is 0. The first kappa shape index (κ1) is 15.9. The van der Waals surface area contributed by atoms with Crippen LogP contribution in [0.4, 0.5) is 5.69 Å². The van der Waals surface area contributed by atoms with Gasteiger partial charge in [0.1, 0.15) is 5.82 Å². The smallest absolute Gasteiger partial charge is 0.237 e. The fourth-order valence-electron chi connectivity index (χ4n) is 2.59. The number of amides is 1. The van der Waals surface area contributed by atoms with Gasteiger partial charge in [0.2, 0.25) is 5.91 Å². The first-order valence-electron chi connectivity index (χ1n) is 8.16. The van der Waals surface area contributed by atoms with E-state index in [-0.39, 0.29) is 11.2 Å². The lowest BCUT2D eigenvalue weighted by Crippen LogP contribution is -2.23. The van der Waals surface area contributed by atoms with Crippen molar-refractivity contribution >= 4 is 35.0 Å². The molecule has 2 aromatic rings. The molecule has 2 aromatic heterocycles. The average molecular weight is 364 g/mol. The molecular weight excluding hydrogens is 346 g/mol. The van der Waals surface area contributed by atoms with Gasteiger partial charge in [-0.3, -0.25) is 4.79 Å². The molecular formula is C16H18ClN5OS. The summed E-state index contributed by atoms with van der Waals surface area (Å²) in [5.41, 5.74) is 0.527. The van der Waals surface area contributed by atoms with Crippen molar-refractivity contribution in [3.8, 4) is 0 Å². The molecule has 0 spiro atoms. The number of anilines is 1. The zero-order valence-corrected chi connectivity index (χ0v) is 14.8. The molecule has 0 saturated heterocycles. The van der Waals surface area contributed by atoms with Gasteiger partial charge in [0.25, 0.3) is 0 Å². The summed E-state index contributed by atoms with van der Waals surface area (Å²) in [6.45, 7) is 1.87. The van der Waals surface area contributed by atoms with E-state index in [2.05, 4.69) is 25.1 Å². The van der Waals surface area contributed by atoms with Crippen molar-refractivity contribution in [1.29, 1.82) is 0 Å². The van der Waals surface area contributed by atoms with Gasteiger partial charge in [0.05, 0.1) is 10.9 Å². The number of hydrogen-bond acceptors (Lipinski definition) is 5. The first-order chi connectivity index (χ1) is 11.6. The van der Waals surface area contributed by atoms with Crippen molar-refractivity contribution in [3.63, 3.8) is 0 Å². The van der Waals surface area contributed by atoms with Gasteiger partial charge >= 0.3 is 0 Å². The third-order valence-electron chi connectivity index (χ3n) is 4.21. The molecule has 1 unspecified atom stereocenters. The number of aromatic nitrogens is 4. The SMILES string of the molecule is CC(Sc1nnc(C2CC2)n1C1CC1)C(=O)Nc1cccnc1Cl. The molecule has 4 rings (SSSR count). The highest BCUT2D eigenvalue weighted by atomic mass is 35.5. The van der Waals surface area contributed by atoms with Gasteiger partial charge in [-0.2, -0.15) is 0 Å². The van der Waals surface area contributed by atoms with Gasteiger partial charge in [-0.1, -0.05) is 23.4 Å². The van der Waals surface area contributed by atoms with Crippen LogP contribution in [0.2, 0.25) is 5.15 Å². The fourth-order valence-corrected chi connectivity index (χ4v) is 3.68. The Balaban J connectivity index is 1.47. The van der Waals surface area contributed by atoms with E-state index in [1.54, 1.807) is 18.3 Å². The topological polar surface area (TPSA) is 72.7 Å². The standard InChI is InChI=1S/C16H18ClN5OS/c1-9(15(23)19-12-3-2-8-18-13(12)17)24-16-21-20-14(10-4-5-10)22(16)11-6-7-11/h2-3,8-11H,4-7H2,1H3,(H,19,23). The maximum atomic E-state index is 12.4. The van der Waals surface area contributed by atoms with Crippen molar-refractivity contribution in [2.75, 3.05) is 5.32 Å². The summed E-state index contributed by atoms with van der Waals surface area (Å²) in [6.07, 6.45) is 6.35. The number of nitrogens with zero attached hydrogens (tertiary/aromatic N) is 4. The van der Waals surface area contributed by atoms with Crippen LogP contribution in [0.1, 0.15) is 50.4 Å². The first-order valence-corrected chi connectivity index (χ1v) is 9.42. The summed E-state index contributed by atoms with van der Waals surface area (Å²) in [4.78, 5) is 16.4. The summed E-state index contributed by atoms with van der Waals surface area (Å²) < 4.78 is 2.25. The molecule has 1 N–H and O–H groups in total. The van der Waals surface area contributed by atoms with E-state index in [1.165, 1.54) is 37.4 Å². The van der Waals surface area contributed by atoms with Crippen LogP contribution in [0.25, 0.3) is 0 Å². The van der Waals surface area contributed by atoms with Gasteiger partial charge in [-0.25, -0.2) is 4.98 Å². The van der Waals surface area contributed by atoms with Crippen LogP contribution >= 0.6 is 23.4 Å². The third-order valence-corrected chi connectivity index (χ3v) is 5.57. The van der Waals surface area contributed by atoms with Crippen molar-refractivity contribution in [2.45, 2.75) is 55.0 Å². The summed E-state index contributed by atoms with van der Waals surface area (Å²) in [5, 5.41) is 12.4. The Kier molecular flexibility index (Phi) is 4.22. The van der Waals surface area contributed by atoms with Gasteiger partial charge in [-0.05, 0) is 44.7 Å². The minimum atomic E-state index is -0.296. The van der Waals surface area contributed by atoms with Crippen molar-refractivity contribution in [3.05, 3.63) is 29.3 Å². The second-order valence-corrected chi connectivity index (χ2v) is 7.97. The van der Waals surface area contributed by atoms with Crippen LogP contribution in [0, 0.1) is 0 Å². The number of hydrogen-bond donors (Lipinski definition) is 1. The molecule has 8 heteroatoms. The van der Waals surface area contributed by atoms with E-state index in [0.717, 1.165) is 11.0 Å². The van der Waals surface area contributed by atoms with Crippen molar-refractivity contribution < 1.29 is 4.79 Å². The molecule has 2 heterocycles. The zero-order chi connectivity index (χ0) is 16.7. The largest absolute Gasteiger partial charge is 0.322 e. The second-order valence-electron chi connectivity index (χ2n) is 6.31. The number of thioether (sulfide) groups is 1. The average Bonchev–Trinajstić information content (AvgIpc) is 3.49. The predicted octanol–water partition coefficient (Wildman–Crippen LogP) is 3.66. The van der Waals surface area contributed by atoms with E-state index in [9.17, 15) is 4.79 Å². The van der Waals surface area contributed by atoms with Gasteiger partial charge < -0.3 is 9.88 Å². The highest BCUT2D eigenvalue weighted by Crippen LogP contribution is 2.46. The Morgan fingerprint density at radius 1 is 1.38 bits per heavy atom. The number of carbonyl (C=O) groups excluding carboxylic acids is 1. The number of rotatable bonds is 6. The van der Waals surface area contributed by atoms with E-state index >= 15 is 0 Å². The minimum Gasteiger partial charge on any atom is -0.322 e. The van der Waals surface area contributed by atoms with Crippen LogP contribution in [0.5, 0.6) is 0 Å². The summed E-state index contributed by atoms with van der Waals surface area (Å²) >= 11 is 7.45. The lowest BCUT2D eigenvalue weighted by Gasteiger charge is -2.13. The van der Waals surface area contributed by atoms with Crippen LogP contribution in [-0.4, -0.2) is 30.9 Å². The molecule has 1 atom stereocenters. The lowest BCUT2D eigenvalue weighted by molar-refractivity contribution is -0.115. The molecule has 2 aliphatic carbocycles. The van der Waals surface area contributed by atoms with Crippen LogP contribution in [0.3, 0.4) is 0 Å². The van der Waals surface area contributed by atoms with Crippen molar-refractivity contribution in [2.24, 2.45) is 0 Å². The Labute approximate surface area is 149 Å². The molecule has 6 nitrogen and oxygen atoms in total. The van der Waals surface area contributed by atoms with E-state index < -0.39 is 0 Å². The zero-order valence-electron chi connectivity index (χ0n) is 13.3. The Morgan fingerprint density at radius 2 is 2.17 bits per heavy atom. The lowest BCUT2D eigenvalue weighted by atomic mass is 10.4. The fraction of sp³-hybridized carbons (Fsp3) is 0.500. The molecule has 2 fully saturated rings. The minimum absolute atomic E-state index is 0.117. The molecule has 0 aliphatic heterocycles. The monoisotopic (exact) mass is 363 g/mol. The molecule has 0 radical (unpaired) electrons. The van der Waals surface area contributed by atoms with Crippen molar-refractivity contribution in [1.82, 2.24) is 19.7 Å². The van der Waals surface area contributed by atoms with E-state index in [0.29, 0.717) is 22.8 Å². The number of carbonyl (C=O) groups is 1. The third kappa shape index (κ3) is 3.28. The molecule has 2 saturated carbocycles. The highest BCUT2D eigenvalue weighted by Gasteiger charge is 2.37. The quantitative estimate of drug-likeness (QED) is 0.626. The Morgan fingerprint density at radius 3 is 2.83 bits per heavy atom. The Hall–Kier alpha value is -1.60. The van der Waals surface area contributed by atoms with Gasteiger partial charge in [0, 0.05) is 18.2 Å². The van der Waals surface area contributed by atoms with Crippen LogP contribution in [-0.2, 0) is 4.79 Å². The normalized spacial score (nSPS) is 18.4. The Bertz CT molecular complexity index is 772. The second kappa shape index (κ2) is 6.37. The number of halogens is 1. The molecule has 0 bridgehead atoms. The highest BCUT2D eigenvalue weighted by molar-refractivity contribution is 8.00. The van der Waals surface area contributed by atoms with Gasteiger partial charge in [-0.15, -0.1) is 10.2 Å². The molecule has 1 amide bonds. The summed E-state index contributed by atoms with van der Waals surface area (Å²) in [6, 6.07) is 3.99. The number of nitrogens with one attached hydrogen (secondary N) is 1. The predicted molar refractivity (Wildman–Crippen MR) is 93.5 cm³/mol. The van der Waals surface area contributed by atoms with E-state index in [4.69, 9.17) is 11.6 Å².